The van der Waals surface area contributed by atoms with Gasteiger partial charge in [0.15, 0.2) is 0 Å². The van der Waals surface area contributed by atoms with E-state index in [1.807, 2.05) is 0 Å². The van der Waals surface area contributed by atoms with Crippen molar-refractivity contribution in [3.05, 3.63) is 44.7 Å². The summed E-state index contributed by atoms with van der Waals surface area (Å²) in [5.41, 5.74) is -0.973. The topological polar surface area (TPSA) is 89.5 Å². The second kappa shape index (κ2) is 4.08. The van der Waals surface area contributed by atoms with Gasteiger partial charge < -0.3 is 9.52 Å². The second-order valence-electron chi connectivity index (χ2n) is 4.88. The van der Waals surface area contributed by atoms with Crippen molar-refractivity contribution in [2.75, 3.05) is 0 Å². The van der Waals surface area contributed by atoms with Gasteiger partial charge in [-0.2, -0.15) is 0 Å². The van der Waals surface area contributed by atoms with Crippen molar-refractivity contribution in [2.45, 2.75) is 19.3 Å². The van der Waals surface area contributed by atoms with Crippen LogP contribution in [0.2, 0.25) is 0 Å². The van der Waals surface area contributed by atoms with Crippen LogP contribution in [0.3, 0.4) is 0 Å². The van der Waals surface area contributed by atoms with E-state index in [1.54, 1.807) is 19.9 Å². The molecule has 0 unspecified atom stereocenters. The maximum absolute atomic E-state index is 11.6. The van der Waals surface area contributed by atoms with E-state index in [9.17, 15) is 19.5 Å². The SMILES string of the molecule is Cn1c(=O)oc(=O)c2ccc(C(C)(C)C(=O)O)cc21. The van der Waals surface area contributed by atoms with E-state index >= 15 is 0 Å². The van der Waals surface area contributed by atoms with Crippen LogP contribution in [0.25, 0.3) is 10.9 Å². The smallest absolute Gasteiger partial charge is 0.422 e. The van der Waals surface area contributed by atoms with Crippen LogP contribution in [0.15, 0.2) is 32.2 Å². The maximum Gasteiger partial charge on any atom is 0.422 e. The van der Waals surface area contributed by atoms with Crippen molar-refractivity contribution >= 4 is 16.9 Å². The van der Waals surface area contributed by atoms with E-state index < -0.39 is 22.8 Å². The second-order valence-corrected chi connectivity index (χ2v) is 4.88. The molecule has 19 heavy (non-hydrogen) atoms. The van der Waals surface area contributed by atoms with Gasteiger partial charge in [-0.1, -0.05) is 6.07 Å². The Kier molecular flexibility index (Phi) is 2.81. The fourth-order valence-electron chi connectivity index (χ4n) is 1.80. The van der Waals surface area contributed by atoms with Gasteiger partial charge in [0.05, 0.1) is 16.3 Å². The number of nitrogens with zero attached hydrogens (tertiary/aromatic N) is 1. The molecule has 0 radical (unpaired) electrons. The normalized spacial score (nSPS) is 11.7. The van der Waals surface area contributed by atoms with Crippen molar-refractivity contribution in [3.63, 3.8) is 0 Å². The highest BCUT2D eigenvalue weighted by atomic mass is 16.4. The summed E-state index contributed by atoms with van der Waals surface area (Å²) in [6.45, 7) is 3.11. The van der Waals surface area contributed by atoms with Crippen LogP contribution in [-0.4, -0.2) is 15.6 Å². The zero-order valence-corrected chi connectivity index (χ0v) is 10.8. The number of rotatable bonds is 2. The molecule has 1 N–H and O–H groups in total. The van der Waals surface area contributed by atoms with E-state index in [-0.39, 0.29) is 5.39 Å². The lowest BCUT2D eigenvalue weighted by Gasteiger charge is -2.20. The Balaban J connectivity index is 2.85. The molecule has 0 bridgehead atoms. The molecule has 0 fully saturated rings. The van der Waals surface area contributed by atoms with Gasteiger partial charge in [0.1, 0.15) is 0 Å². The maximum atomic E-state index is 11.6. The predicted octanol–water partition coefficient (Wildman–Crippen LogP) is 0.854. The van der Waals surface area contributed by atoms with Crippen LogP contribution in [0, 0.1) is 0 Å². The number of aryl methyl sites for hydroxylation is 1. The van der Waals surface area contributed by atoms with E-state index in [2.05, 4.69) is 4.42 Å². The highest BCUT2D eigenvalue weighted by molar-refractivity contribution is 5.84. The Bertz CT molecular complexity index is 782. The quantitative estimate of drug-likeness (QED) is 0.867. The van der Waals surface area contributed by atoms with Crippen LogP contribution < -0.4 is 11.4 Å². The van der Waals surface area contributed by atoms with Crippen molar-refractivity contribution in [1.29, 1.82) is 0 Å². The summed E-state index contributed by atoms with van der Waals surface area (Å²) in [7, 11) is 1.46. The molecule has 0 saturated carbocycles. The number of fused-ring (bicyclic) bond motifs is 1. The van der Waals surface area contributed by atoms with Gasteiger partial charge in [0, 0.05) is 7.05 Å². The summed E-state index contributed by atoms with van der Waals surface area (Å²) in [4.78, 5) is 34.2. The first kappa shape index (κ1) is 13.1. The number of hydrogen-bond donors (Lipinski definition) is 1. The minimum atomic E-state index is -1.11. The standard InChI is InChI=1S/C13H13NO5/c1-13(2,11(16)17)7-4-5-8-9(6-7)14(3)12(18)19-10(8)15/h4-6H,1-3H3,(H,16,17). The predicted molar refractivity (Wildman–Crippen MR) is 68.4 cm³/mol. The molecule has 0 spiro atoms. The van der Waals surface area contributed by atoms with Crippen molar-refractivity contribution in [1.82, 2.24) is 4.57 Å². The third-order valence-corrected chi connectivity index (χ3v) is 3.29. The molecule has 0 amide bonds. The van der Waals surface area contributed by atoms with E-state index in [0.29, 0.717) is 11.1 Å². The number of hydrogen-bond acceptors (Lipinski definition) is 4. The van der Waals surface area contributed by atoms with Gasteiger partial charge in [-0.15, -0.1) is 0 Å². The number of benzene rings is 1. The van der Waals surface area contributed by atoms with Crippen LogP contribution in [0.5, 0.6) is 0 Å². The number of carboxylic acids is 1. The molecule has 1 aromatic carbocycles. The first-order valence-corrected chi connectivity index (χ1v) is 5.63. The van der Waals surface area contributed by atoms with Gasteiger partial charge in [0.2, 0.25) is 0 Å². The minimum absolute atomic E-state index is 0.243. The zero-order valence-electron chi connectivity index (χ0n) is 10.8. The molecular weight excluding hydrogens is 250 g/mol. The van der Waals surface area contributed by atoms with Gasteiger partial charge in [-0.25, -0.2) is 9.59 Å². The number of carbonyl (C=O) groups is 1. The average Bonchev–Trinajstić information content (AvgIpc) is 2.35. The Hall–Kier alpha value is -2.37. The average molecular weight is 263 g/mol. The van der Waals surface area contributed by atoms with Crippen molar-refractivity contribution in [3.8, 4) is 0 Å². The summed E-state index contributed by atoms with van der Waals surface area (Å²) in [6, 6.07) is 4.56. The number of aromatic nitrogens is 1. The molecule has 2 aromatic rings. The number of carboxylic acid groups (broad SMARTS) is 1. The van der Waals surface area contributed by atoms with Gasteiger partial charge in [0.25, 0.3) is 0 Å². The highest BCUT2D eigenvalue weighted by Crippen LogP contribution is 2.25. The lowest BCUT2D eigenvalue weighted by atomic mass is 9.84. The van der Waals surface area contributed by atoms with Crippen LogP contribution in [0.1, 0.15) is 19.4 Å². The lowest BCUT2D eigenvalue weighted by molar-refractivity contribution is -0.142. The molecule has 0 atom stereocenters. The highest BCUT2D eigenvalue weighted by Gasteiger charge is 2.29. The molecule has 0 aliphatic rings. The summed E-state index contributed by atoms with van der Waals surface area (Å²) in [5.74, 6) is -1.76. The van der Waals surface area contributed by atoms with Crippen LogP contribution in [0.4, 0.5) is 0 Å². The minimum Gasteiger partial charge on any atom is -0.481 e. The van der Waals surface area contributed by atoms with E-state index in [0.717, 1.165) is 0 Å². The first-order valence-electron chi connectivity index (χ1n) is 5.63. The zero-order chi connectivity index (χ0) is 14.4. The molecule has 0 aliphatic carbocycles. The molecule has 1 heterocycles. The van der Waals surface area contributed by atoms with Gasteiger partial charge in [-0.3, -0.25) is 9.36 Å². The Morgan fingerprint density at radius 3 is 2.53 bits per heavy atom. The fraction of sp³-hybridized carbons (Fsp3) is 0.308. The summed E-state index contributed by atoms with van der Waals surface area (Å²) >= 11 is 0. The molecule has 6 nitrogen and oxygen atoms in total. The number of aliphatic carboxylic acids is 1. The third-order valence-electron chi connectivity index (χ3n) is 3.29. The van der Waals surface area contributed by atoms with Crippen molar-refractivity contribution in [2.24, 2.45) is 7.05 Å². The van der Waals surface area contributed by atoms with Gasteiger partial charge >= 0.3 is 17.4 Å². The molecule has 100 valence electrons. The summed E-state index contributed by atoms with van der Waals surface area (Å²) < 4.78 is 5.71. The van der Waals surface area contributed by atoms with Crippen molar-refractivity contribution < 1.29 is 14.3 Å². The molecule has 6 heteroatoms. The largest absolute Gasteiger partial charge is 0.481 e. The Labute approximate surface area is 107 Å². The molecule has 0 aliphatic heterocycles. The molecule has 0 saturated heterocycles. The Morgan fingerprint density at radius 2 is 1.95 bits per heavy atom. The first-order chi connectivity index (χ1) is 8.75. The molecular formula is C13H13NO5. The van der Waals surface area contributed by atoms with Gasteiger partial charge in [-0.05, 0) is 31.5 Å². The van der Waals surface area contributed by atoms with E-state index in [4.69, 9.17) is 0 Å². The molecule has 2 rings (SSSR count). The fourth-order valence-corrected chi connectivity index (χ4v) is 1.80. The van der Waals surface area contributed by atoms with Crippen LogP contribution >= 0.6 is 0 Å². The molecule has 1 aromatic heterocycles. The summed E-state index contributed by atoms with van der Waals surface area (Å²) in [5, 5.41) is 9.44. The monoisotopic (exact) mass is 263 g/mol. The Morgan fingerprint density at radius 1 is 1.32 bits per heavy atom. The summed E-state index contributed by atoms with van der Waals surface area (Å²) in [6.07, 6.45) is 0. The third kappa shape index (κ3) is 1.95. The van der Waals surface area contributed by atoms with E-state index in [1.165, 1.54) is 23.7 Å². The lowest BCUT2D eigenvalue weighted by Crippen LogP contribution is -2.29. The van der Waals surface area contributed by atoms with Crippen LogP contribution in [-0.2, 0) is 17.3 Å².